The Balaban J connectivity index is 1.76. The topological polar surface area (TPSA) is 12.4 Å². The SMILES string of the molecule is Cc1cc(N=C=S)ccc1C#Cc1ccc(C2=CCC(C)CC2)cc1. The van der Waals surface area contributed by atoms with E-state index in [1.807, 2.05) is 25.1 Å². The minimum atomic E-state index is 0.817. The molecule has 1 nitrogen and oxygen atoms in total. The Morgan fingerprint density at radius 2 is 1.88 bits per heavy atom. The summed E-state index contributed by atoms with van der Waals surface area (Å²) < 4.78 is 0. The fourth-order valence-electron chi connectivity index (χ4n) is 3.04. The minimum Gasteiger partial charge on any atom is -0.195 e. The van der Waals surface area contributed by atoms with Crippen LogP contribution in [0.2, 0.25) is 0 Å². The lowest BCUT2D eigenvalue weighted by Crippen LogP contribution is -2.00. The molecular weight excluding hydrogens is 322 g/mol. The van der Waals surface area contributed by atoms with Gasteiger partial charge in [0, 0.05) is 11.1 Å². The number of benzene rings is 2. The number of nitrogens with zero attached hydrogens (tertiary/aromatic N) is 1. The fraction of sp³-hybridized carbons (Fsp3) is 0.261. The number of aryl methyl sites for hydroxylation is 1. The molecule has 0 saturated carbocycles. The molecule has 0 aliphatic heterocycles. The Morgan fingerprint density at radius 3 is 2.52 bits per heavy atom. The molecule has 25 heavy (non-hydrogen) atoms. The van der Waals surface area contributed by atoms with Gasteiger partial charge in [-0.25, -0.2) is 0 Å². The van der Waals surface area contributed by atoms with Gasteiger partial charge in [-0.15, -0.1) is 0 Å². The number of hydrogen-bond donors (Lipinski definition) is 0. The van der Waals surface area contributed by atoms with Gasteiger partial charge in [-0.05, 0) is 91.4 Å². The van der Waals surface area contributed by atoms with Crippen LogP contribution in [0.5, 0.6) is 0 Å². The van der Waals surface area contributed by atoms with Gasteiger partial charge in [-0.3, -0.25) is 0 Å². The minimum absolute atomic E-state index is 0.817. The smallest absolute Gasteiger partial charge is 0.0743 e. The van der Waals surface area contributed by atoms with Crippen molar-refractivity contribution in [3.05, 3.63) is 70.8 Å². The zero-order valence-corrected chi connectivity index (χ0v) is 15.5. The van der Waals surface area contributed by atoms with Crippen molar-refractivity contribution in [2.75, 3.05) is 0 Å². The van der Waals surface area contributed by atoms with Gasteiger partial charge in [-0.2, -0.15) is 4.99 Å². The molecule has 1 atom stereocenters. The zero-order chi connectivity index (χ0) is 17.6. The first-order valence-corrected chi connectivity index (χ1v) is 9.06. The summed E-state index contributed by atoms with van der Waals surface area (Å²) in [4.78, 5) is 4.00. The molecule has 0 aromatic heterocycles. The van der Waals surface area contributed by atoms with Gasteiger partial charge in [0.05, 0.1) is 10.8 Å². The molecule has 0 bridgehead atoms. The van der Waals surface area contributed by atoms with Gasteiger partial charge >= 0.3 is 0 Å². The molecule has 1 aliphatic rings. The first-order valence-electron chi connectivity index (χ1n) is 8.66. The van der Waals surface area contributed by atoms with Crippen LogP contribution < -0.4 is 0 Å². The van der Waals surface area contributed by atoms with E-state index < -0.39 is 0 Å². The lowest BCUT2D eigenvalue weighted by atomic mass is 9.87. The largest absolute Gasteiger partial charge is 0.195 e. The van der Waals surface area contributed by atoms with Crippen LogP contribution in [0.25, 0.3) is 5.57 Å². The average Bonchev–Trinajstić information content (AvgIpc) is 2.62. The van der Waals surface area contributed by atoms with Crippen LogP contribution in [0.1, 0.15) is 48.4 Å². The summed E-state index contributed by atoms with van der Waals surface area (Å²) in [5.41, 5.74) is 6.76. The van der Waals surface area contributed by atoms with Crippen molar-refractivity contribution in [1.82, 2.24) is 0 Å². The van der Waals surface area contributed by atoms with E-state index in [1.54, 1.807) is 0 Å². The fourth-order valence-corrected chi connectivity index (χ4v) is 3.15. The van der Waals surface area contributed by atoms with E-state index in [0.29, 0.717) is 0 Å². The Bertz CT molecular complexity index is 903. The highest BCUT2D eigenvalue weighted by molar-refractivity contribution is 7.78. The molecule has 2 aromatic carbocycles. The molecule has 2 aromatic rings. The molecule has 0 amide bonds. The van der Waals surface area contributed by atoms with Crippen LogP contribution >= 0.6 is 12.2 Å². The number of hydrogen-bond acceptors (Lipinski definition) is 2. The van der Waals surface area contributed by atoms with E-state index in [2.05, 4.69) is 71.5 Å². The van der Waals surface area contributed by atoms with E-state index in [1.165, 1.54) is 30.4 Å². The maximum Gasteiger partial charge on any atom is 0.0743 e. The number of allylic oxidation sites excluding steroid dienone is 2. The maximum absolute atomic E-state index is 4.64. The van der Waals surface area contributed by atoms with E-state index in [9.17, 15) is 0 Å². The molecular formula is C23H21NS. The lowest BCUT2D eigenvalue weighted by molar-refractivity contribution is 0.534. The number of isothiocyanates is 1. The summed E-state index contributed by atoms with van der Waals surface area (Å²) in [6, 6.07) is 14.5. The van der Waals surface area contributed by atoms with Crippen molar-refractivity contribution in [2.45, 2.75) is 33.1 Å². The Labute approximate surface area is 155 Å². The molecule has 0 N–H and O–H groups in total. The molecule has 0 heterocycles. The third kappa shape index (κ3) is 4.54. The number of rotatable bonds is 2. The Kier molecular flexibility index (Phi) is 5.61. The molecule has 1 aliphatic carbocycles. The standard InChI is InChI=1S/C23H21NS/c1-17-3-8-21(9-4-17)22-11-6-19(7-12-22)5-10-20-13-14-23(24-16-25)15-18(20)2/h6-8,11-15,17H,3-4,9H2,1-2H3. The third-order valence-corrected chi connectivity index (χ3v) is 4.75. The summed E-state index contributed by atoms with van der Waals surface area (Å²) in [7, 11) is 0. The maximum atomic E-state index is 4.64. The second-order valence-corrected chi connectivity index (χ2v) is 6.82. The third-order valence-electron chi connectivity index (χ3n) is 4.66. The predicted molar refractivity (Wildman–Crippen MR) is 109 cm³/mol. The molecule has 1 unspecified atom stereocenters. The zero-order valence-electron chi connectivity index (χ0n) is 14.7. The molecule has 124 valence electrons. The Morgan fingerprint density at radius 1 is 1.08 bits per heavy atom. The second-order valence-electron chi connectivity index (χ2n) is 6.64. The van der Waals surface area contributed by atoms with E-state index in [-0.39, 0.29) is 0 Å². The van der Waals surface area contributed by atoms with Crippen LogP contribution in [0, 0.1) is 24.7 Å². The first kappa shape index (κ1) is 17.4. The van der Waals surface area contributed by atoms with Crippen molar-refractivity contribution in [2.24, 2.45) is 10.9 Å². The van der Waals surface area contributed by atoms with Crippen LogP contribution in [0.3, 0.4) is 0 Å². The van der Waals surface area contributed by atoms with Gasteiger partial charge < -0.3 is 0 Å². The Hall–Kier alpha value is -2.46. The highest BCUT2D eigenvalue weighted by Gasteiger charge is 2.11. The monoisotopic (exact) mass is 343 g/mol. The lowest BCUT2D eigenvalue weighted by Gasteiger charge is -2.18. The predicted octanol–water partition coefficient (Wildman–Crippen LogP) is 6.33. The molecule has 0 fully saturated rings. The molecule has 0 spiro atoms. The van der Waals surface area contributed by atoms with Crippen molar-refractivity contribution < 1.29 is 0 Å². The summed E-state index contributed by atoms with van der Waals surface area (Å²) in [5, 5.41) is 2.39. The molecule has 3 rings (SSSR count). The van der Waals surface area contributed by atoms with Gasteiger partial charge in [0.25, 0.3) is 0 Å². The normalized spacial score (nSPS) is 16.2. The first-order chi connectivity index (χ1) is 12.2. The number of thiocarbonyl (C=S) groups is 1. The van der Waals surface area contributed by atoms with Crippen LogP contribution in [-0.4, -0.2) is 5.16 Å². The number of aliphatic imine (C=N–C) groups is 1. The van der Waals surface area contributed by atoms with E-state index >= 15 is 0 Å². The van der Waals surface area contributed by atoms with E-state index in [0.717, 1.165) is 28.3 Å². The highest BCUT2D eigenvalue weighted by Crippen LogP contribution is 2.29. The highest BCUT2D eigenvalue weighted by atomic mass is 32.1. The van der Waals surface area contributed by atoms with Crippen LogP contribution in [-0.2, 0) is 0 Å². The van der Waals surface area contributed by atoms with Gasteiger partial charge in [-0.1, -0.05) is 37.0 Å². The van der Waals surface area contributed by atoms with Crippen LogP contribution in [0.15, 0.2) is 53.5 Å². The second kappa shape index (κ2) is 8.08. The van der Waals surface area contributed by atoms with Gasteiger partial charge in [0.2, 0.25) is 0 Å². The van der Waals surface area contributed by atoms with Gasteiger partial charge in [0.1, 0.15) is 0 Å². The molecule has 2 heteroatoms. The van der Waals surface area contributed by atoms with E-state index in [4.69, 9.17) is 0 Å². The van der Waals surface area contributed by atoms with Crippen molar-refractivity contribution in [1.29, 1.82) is 0 Å². The van der Waals surface area contributed by atoms with Crippen molar-refractivity contribution in [3.8, 4) is 11.8 Å². The van der Waals surface area contributed by atoms with Gasteiger partial charge in [0.15, 0.2) is 0 Å². The average molecular weight is 343 g/mol. The summed E-state index contributed by atoms with van der Waals surface area (Å²) >= 11 is 4.64. The van der Waals surface area contributed by atoms with Crippen LogP contribution in [0.4, 0.5) is 5.69 Å². The summed E-state index contributed by atoms with van der Waals surface area (Å²) in [6.45, 7) is 4.36. The van der Waals surface area contributed by atoms with Crippen molar-refractivity contribution >= 4 is 28.6 Å². The molecule has 0 radical (unpaired) electrons. The summed E-state index contributed by atoms with van der Waals surface area (Å²) in [5.74, 6) is 7.32. The summed E-state index contributed by atoms with van der Waals surface area (Å²) in [6.07, 6.45) is 6.06. The van der Waals surface area contributed by atoms with Crippen molar-refractivity contribution in [3.63, 3.8) is 0 Å². The molecule has 0 saturated heterocycles. The quantitative estimate of drug-likeness (QED) is 0.352.